The van der Waals surface area contributed by atoms with E-state index in [1.807, 2.05) is 22.6 Å². The summed E-state index contributed by atoms with van der Waals surface area (Å²) in [6.45, 7) is 4.95. The van der Waals surface area contributed by atoms with Gasteiger partial charge in [0.1, 0.15) is 29.6 Å². The molecule has 0 radical (unpaired) electrons. The minimum Gasteiger partial charge on any atom is -0.346 e. The second-order valence-electron chi connectivity index (χ2n) is 17.9. The molecule has 12 nitrogen and oxygen atoms in total. The van der Waals surface area contributed by atoms with Gasteiger partial charge >= 0.3 is 0 Å². The number of pyridine rings is 1. The Morgan fingerprint density at radius 3 is 2.23 bits per heavy atom. The average molecular weight is 1080 g/mol. The van der Waals surface area contributed by atoms with Crippen molar-refractivity contribution in [1.82, 2.24) is 29.9 Å². The van der Waals surface area contributed by atoms with E-state index >= 15 is 8.78 Å². The van der Waals surface area contributed by atoms with E-state index in [1.54, 1.807) is 33.0 Å². The van der Waals surface area contributed by atoms with Crippen LogP contribution in [0.25, 0.3) is 22.0 Å². The fourth-order valence-electron chi connectivity index (χ4n) is 8.76. The Labute approximate surface area is 390 Å². The number of nitrogens with one attached hydrogen (secondary N) is 2. The standard InChI is InChI=1S/C43H45ClF6IN7O5S2/c1-20-21(2)43(49,50)39-34(20)37(40(47)48)54-58(39)19-33(59)52-32(16-22-14-23(45)17-24(46)15-22)36-28(18-30(51)31(53-36)12-13-42(3,4)64(60,61)25-6-7-25)27-10-11-29(44)35-38(27)57(5)55-41(35)56-65(62,63)26-8-9-26/h10-11,14-15,17-18,20-21,25-26,32,40H,6-9,12-13,16,19H2,1-5H3,(H,52,59)(H,55,56)/t20-,21+,32-/m0/s1. The summed E-state index contributed by atoms with van der Waals surface area (Å²) in [5.74, 6) is -8.91. The lowest BCUT2D eigenvalue weighted by atomic mass is 9.93. The van der Waals surface area contributed by atoms with Crippen LogP contribution >= 0.6 is 34.2 Å². The third-order valence-corrected chi connectivity index (χ3v) is 19.0. The van der Waals surface area contributed by atoms with Gasteiger partial charge in [-0.2, -0.15) is 19.0 Å². The van der Waals surface area contributed by atoms with Gasteiger partial charge < -0.3 is 5.32 Å². The Morgan fingerprint density at radius 1 is 0.969 bits per heavy atom. The van der Waals surface area contributed by atoms with Gasteiger partial charge in [0.2, 0.25) is 15.9 Å². The molecule has 2 fully saturated rings. The molecule has 0 saturated heterocycles. The second kappa shape index (κ2) is 17.0. The molecule has 2 N–H and O–H groups in total. The van der Waals surface area contributed by atoms with Gasteiger partial charge in [0.25, 0.3) is 12.3 Å². The molecule has 0 bridgehead atoms. The van der Waals surface area contributed by atoms with Crippen LogP contribution in [0.1, 0.15) is 112 Å². The maximum absolute atomic E-state index is 15.8. The van der Waals surface area contributed by atoms with Crippen molar-refractivity contribution in [1.29, 1.82) is 0 Å². The fourth-order valence-corrected chi connectivity index (χ4v) is 13.1. The molecule has 0 unspecified atom stereocenters. The fraction of sp³-hybridized carbons (Fsp3) is 0.488. The highest BCUT2D eigenvalue weighted by Crippen LogP contribution is 2.54. The van der Waals surface area contributed by atoms with E-state index in [0.717, 1.165) is 12.1 Å². The first-order valence-corrected chi connectivity index (χ1v) is 25.5. The van der Waals surface area contributed by atoms with Gasteiger partial charge in [0.05, 0.1) is 48.6 Å². The van der Waals surface area contributed by atoms with Crippen molar-refractivity contribution in [3.05, 3.63) is 90.5 Å². The maximum Gasteiger partial charge on any atom is 0.292 e. The van der Waals surface area contributed by atoms with Crippen molar-refractivity contribution in [2.24, 2.45) is 13.0 Å². The smallest absolute Gasteiger partial charge is 0.292 e. The van der Waals surface area contributed by atoms with Gasteiger partial charge in [-0.15, -0.1) is 0 Å². The zero-order valence-corrected chi connectivity index (χ0v) is 40.2. The zero-order valence-electron chi connectivity index (χ0n) is 35.7. The number of amides is 1. The summed E-state index contributed by atoms with van der Waals surface area (Å²) in [4.78, 5) is 19.3. The van der Waals surface area contributed by atoms with Gasteiger partial charge in [-0.05, 0) is 117 Å². The lowest BCUT2D eigenvalue weighted by molar-refractivity contribution is -0.123. The van der Waals surface area contributed by atoms with Crippen molar-refractivity contribution >= 4 is 76.7 Å². The third-order valence-electron chi connectivity index (χ3n) is 12.8. The van der Waals surface area contributed by atoms with Crippen LogP contribution in [0.3, 0.4) is 0 Å². The first kappa shape index (κ1) is 47.5. The monoisotopic (exact) mass is 1080 g/mol. The number of halogens is 8. The van der Waals surface area contributed by atoms with Crippen LogP contribution in [-0.4, -0.2) is 62.5 Å². The molecule has 2 aromatic carbocycles. The molecular weight excluding hydrogens is 1030 g/mol. The highest BCUT2D eigenvalue weighted by Gasteiger charge is 2.55. The summed E-state index contributed by atoms with van der Waals surface area (Å²) in [7, 11) is -5.79. The molecule has 65 heavy (non-hydrogen) atoms. The van der Waals surface area contributed by atoms with Crippen LogP contribution in [-0.2, 0) is 57.0 Å². The number of hydrogen-bond donors (Lipinski definition) is 2. The van der Waals surface area contributed by atoms with Gasteiger partial charge in [-0.25, -0.2) is 34.4 Å². The molecule has 8 rings (SSSR count). The lowest BCUT2D eigenvalue weighted by Gasteiger charge is -2.26. The molecule has 0 spiro atoms. The quantitative estimate of drug-likeness (QED) is 0.0731. The topological polar surface area (TPSA) is 158 Å². The Kier molecular flexibility index (Phi) is 12.4. The Bertz CT molecular complexity index is 2960. The summed E-state index contributed by atoms with van der Waals surface area (Å²) in [6.07, 6.45) is -1.23. The number of aryl methyl sites for hydroxylation is 2. The van der Waals surface area contributed by atoms with E-state index in [9.17, 15) is 39.2 Å². The average Bonchev–Trinajstić information content (AvgIpc) is 4.14. The number of carbonyl (C=O) groups excluding carboxylic acids is 1. The van der Waals surface area contributed by atoms with Crippen LogP contribution in [0.15, 0.2) is 36.4 Å². The minimum atomic E-state index is -3.82. The predicted molar refractivity (Wildman–Crippen MR) is 241 cm³/mol. The first-order chi connectivity index (χ1) is 30.3. The number of alkyl halides is 4. The molecule has 1 amide bonds. The number of fused-ring (bicyclic) bond motifs is 2. The normalized spacial score (nSPS) is 19.2. The molecular formula is C43H45ClF6IN7O5S2. The van der Waals surface area contributed by atoms with E-state index in [0.29, 0.717) is 62.3 Å². The lowest BCUT2D eigenvalue weighted by Crippen LogP contribution is -2.36. The summed E-state index contributed by atoms with van der Waals surface area (Å²) in [5.41, 5.74) is -0.475. The second-order valence-corrected chi connectivity index (χ2v) is 24.3. The van der Waals surface area contributed by atoms with Gasteiger partial charge in [0.15, 0.2) is 15.7 Å². The molecule has 3 heterocycles. The molecule has 5 aromatic rings. The molecule has 3 aliphatic carbocycles. The van der Waals surface area contributed by atoms with E-state index in [2.05, 4.69) is 20.2 Å². The van der Waals surface area contributed by atoms with E-state index < -0.39 is 101 Å². The minimum absolute atomic E-state index is 0.0448. The Morgan fingerprint density at radius 2 is 1.62 bits per heavy atom. The summed E-state index contributed by atoms with van der Waals surface area (Å²) in [6, 6.07) is 6.26. The Hall–Kier alpha value is -3.96. The molecule has 0 aliphatic heterocycles. The molecule has 3 atom stereocenters. The molecule has 350 valence electrons. The highest BCUT2D eigenvalue weighted by atomic mass is 127. The van der Waals surface area contributed by atoms with Gasteiger partial charge in [-0.3, -0.25) is 23.9 Å². The molecule has 22 heteroatoms. The van der Waals surface area contributed by atoms with E-state index in [1.165, 1.54) is 24.6 Å². The number of sulfone groups is 1. The van der Waals surface area contributed by atoms with Gasteiger partial charge in [-0.1, -0.05) is 31.5 Å². The number of sulfonamides is 1. The number of anilines is 1. The van der Waals surface area contributed by atoms with E-state index in [-0.39, 0.29) is 52.3 Å². The number of aromatic nitrogens is 5. The number of carbonyl (C=O) groups is 1. The van der Waals surface area contributed by atoms with Crippen LogP contribution in [0.2, 0.25) is 5.02 Å². The number of benzene rings is 2. The summed E-state index contributed by atoms with van der Waals surface area (Å²) < 4.78 is 147. The van der Waals surface area contributed by atoms with Crippen LogP contribution < -0.4 is 10.0 Å². The predicted octanol–water partition coefficient (Wildman–Crippen LogP) is 9.44. The SMILES string of the molecule is C[C@@H]1c2c(C(F)F)nn(CC(=O)N[C@@H](Cc3cc(F)cc(F)c3)c3nc(CCC(C)(C)S(=O)(=O)C4CC4)c(I)cc3-c3ccc(Cl)c4c(NS(=O)(=O)C5CC5)nn(C)c34)c2C(F)(F)[C@@H]1C. The van der Waals surface area contributed by atoms with Crippen molar-refractivity contribution in [3.8, 4) is 11.1 Å². The molecule has 2 saturated carbocycles. The third kappa shape index (κ3) is 8.87. The van der Waals surface area contributed by atoms with Crippen LogP contribution in [0.4, 0.5) is 32.2 Å². The van der Waals surface area contributed by atoms with Crippen molar-refractivity contribution in [3.63, 3.8) is 0 Å². The molecule has 3 aliphatic rings. The van der Waals surface area contributed by atoms with Crippen molar-refractivity contribution in [2.45, 2.75) is 119 Å². The van der Waals surface area contributed by atoms with Crippen molar-refractivity contribution in [2.75, 3.05) is 4.72 Å². The summed E-state index contributed by atoms with van der Waals surface area (Å²) in [5, 5.41) is 10.4. The Balaban J connectivity index is 1.28. The molecule has 3 aromatic heterocycles. The summed E-state index contributed by atoms with van der Waals surface area (Å²) >= 11 is 8.80. The zero-order chi connectivity index (χ0) is 47.3. The van der Waals surface area contributed by atoms with Crippen LogP contribution in [0.5, 0.6) is 0 Å². The van der Waals surface area contributed by atoms with Crippen LogP contribution in [0, 0.1) is 21.1 Å². The number of rotatable bonds is 16. The maximum atomic E-state index is 15.8. The van der Waals surface area contributed by atoms with Gasteiger partial charge in [0, 0.05) is 39.3 Å². The first-order valence-electron chi connectivity index (χ1n) is 20.9. The highest BCUT2D eigenvalue weighted by molar-refractivity contribution is 14.1. The largest absolute Gasteiger partial charge is 0.346 e. The number of hydrogen-bond acceptors (Lipinski definition) is 8. The van der Waals surface area contributed by atoms with Crippen molar-refractivity contribution < 1.29 is 48.0 Å². The number of nitrogens with zero attached hydrogens (tertiary/aromatic N) is 5. The van der Waals surface area contributed by atoms with E-state index in [4.69, 9.17) is 16.6 Å².